The third-order valence-corrected chi connectivity index (χ3v) is 4.54. The van der Waals surface area contributed by atoms with Crippen LogP contribution in [0.2, 0.25) is 0 Å². The summed E-state index contributed by atoms with van der Waals surface area (Å²) in [5, 5.41) is 15.6. The van der Waals surface area contributed by atoms with E-state index in [1.54, 1.807) is 0 Å². The van der Waals surface area contributed by atoms with Crippen molar-refractivity contribution >= 4 is 6.03 Å². The average molecular weight is 304 g/mol. The van der Waals surface area contributed by atoms with Crippen LogP contribution in [0.1, 0.15) is 56.7 Å². The second-order valence-electron chi connectivity index (χ2n) is 6.36. The maximum atomic E-state index is 12.0. The lowest BCUT2D eigenvalue weighted by atomic mass is 9.87. The van der Waals surface area contributed by atoms with E-state index in [1.165, 1.54) is 5.56 Å². The van der Waals surface area contributed by atoms with Gasteiger partial charge < -0.3 is 15.7 Å². The Bertz CT molecular complexity index is 472. The fourth-order valence-electron chi connectivity index (χ4n) is 3.06. The van der Waals surface area contributed by atoms with E-state index in [1.807, 2.05) is 6.92 Å². The lowest BCUT2D eigenvalue weighted by Crippen LogP contribution is -2.40. The highest BCUT2D eigenvalue weighted by molar-refractivity contribution is 5.74. The molecule has 0 heterocycles. The number of aryl methyl sites for hydroxylation is 1. The van der Waals surface area contributed by atoms with E-state index >= 15 is 0 Å². The predicted molar refractivity (Wildman–Crippen MR) is 88.7 cm³/mol. The van der Waals surface area contributed by atoms with Crippen LogP contribution in [-0.2, 0) is 6.42 Å². The molecule has 0 spiro atoms. The van der Waals surface area contributed by atoms with Crippen LogP contribution in [0.5, 0.6) is 0 Å². The van der Waals surface area contributed by atoms with Crippen molar-refractivity contribution in [2.45, 2.75) is 58.1 Å². The Kier molecular flexibility index (Phi) is 6.25. The van der Waals surface area contributed by atoms with E-state index in [0.717, 1.165) is 37.7 Å². The lowest BCUT2D eigenvalue weighted by molar-refractivity contribution is 0.101. The summed E-state index contributed by atoms with van der Waals surface area (Å²) in [7, 11) is 0. The van der Waals surface area contributed by atoms with Crippen molar-refractivity contribution in [3.8, 4) is 0 Å². The van der Waals surface area contributed by atoms with Crippen LogP contribution < -0.4 is 10.6 Å². The fraction of sp³-hybridized carbons (Fsp3) is 0.611. The topological polar surface area (TPSA) is 61.4 Å². The number of nitrogens with one attached hydrogen (secondary N) is 2. The Morgan fingerprint density at radius 2 is 2.05 bits per heavy atom. The highest BCUT2D eigenvalue weighted by Crippen LogP contribution is 2.23. The second-order valence-corrected chi connectivity index (χ2v) is 6.36. The van der Waals surface area contributed by atoms with Crippen molar-refractivity contribution in [1.82, 2.24) is 10.6 Å². The van der Waals surface area contributed by atoms with Gasteiger partial charge in [0.1, 0.15) is 0 Å². The van der Waals surface area contributed by atoms with E-state index in [4.69, 9.17) is 0 Å². The van der Waals surface area contributed by atoms with Crippen molar-refractivity contribution in [3.63, 3.8) is 0 Å². The first-order valence-corrected chi connectivity index (χ1v) is 8.39. The molecule has 1 aliphatic rings. The minimum absolute atomic E-state index is 0.0112. The predicted octanol–water partition coefficient (Wildman–Crippen LogP) is 3.16. The molecule has 3 atom stereocenters. The highest BCUT2D eigenvalue weighted by atomic mass is 16.3. The SMILES string of the molecule is CCc1ccc(C(C)NC(=O)NCC2CCCC(O)C2)cc1. The van der Waals surface area contributed by atoms with Gasteiger partial charge in [0.05, 0.1) is 12.1 Å². The van der Waals surface area contributed by atoms with Gasteiger partial charge in [0.15, 0.2) is 0 Å². The molecule has 0 bridgehead atoms. The molecular weight excluding hydrogens is 276 g/mol. The molecular formula is C18H28N2O2. The van der Waals surface area contributed by atoms with Crippen LogP contribution in [-0.4, -0.2) is 23.8 Å². The van der Waals surface area contributed by atoms with E-state index in [9.17, 15) is 9.90 Å². The number of hydrogen-bond donors (Lipinski definition) is 3. The average Bonchev–Trinajstić information content (AvgIpc) is 2.53. The number of aliphatic hydroxyl groups excluding tert-OH is 1. The molecule has 22 heavy (non-hydrogen) atoms. The summed E-state index contributed by atoms with van der Waals surface area (Å²) < 4.78 is 0. The molecule has 2 rings (SSSR count). The van der Waals surface area contributed by atoms with Gasteiger partial charge in [0.25, 0.3) is 0 Å². The van der Waals surface area contributed by atoms with Gasteiger partial charge in [-0.05, 0) is 49.7 Å². The van der Waals surface area contributed by atoms with E-state index in [0.29, 0.717) is 12.5 Å². The Balaban J connectivity index is 1.75. The Labute approximate surface area is 133 Å². The smallest absolute Gasteiger partial charge is 0.315 e. The van der Waals surface area contributed by atoms with Gasteiger partial charge in [-0.3, -0.25) is 0 Å². The van der Waals surface area contributed by atoms with Gasteiger partial charge in [0, 0.05) is 6.54 Å². The Morgan fingerprint density at radius 1 is 1.32 bits per heavy atom. The normalized spacial score (nSPS) is 22.9. The minimum Gasteiger partial charge on any atom is -0.393 e. The standard InChI is InChI=1S/C18H28N2O2/c1-3-14-7-9-16(10-8-14)13(2)20-18(22)19-12-15-5-4-6-17(21)11-15/h7-10,13,15,17,21H,3-6,11-12H2,1-2H3,(H2,19,20,22). The van der Waals surface area contributed by atoms with Gasteiger partial charge >= 0.3 is 6.03 Å². The number of rotatable bonds is 5. The molecule has 122 valence electrons. The molecule has 0 saturated heterocycles. The maximum Gasteiger partial charge on any atom is 0.315 e. The summed E-state index contributed by atoms with van der Waals surface area (Å²) >= 11 is 0. The molecule has 1 aromatic rings. The molecule has 1 saturated carbocycles. The largest absolute Gasteiger partial charge is 0.393 e. The molecule has 0 radical (unpaired) electrons. The van der Waals surface area contributed by atoms with E-state index in [-0.39, 0.29) is 18.2 Å². The molecule has 1 aromatic carbocycles. The first-order valence-electron chi connectivity index (χ1n) is 8.39. The molecule has 0 aliphatic heterocycles. The number of urea groups is 1. The Morgan fingerprint density at radius 3 is 2.68 bits per heavy atom. The van der Waals surface area contributed by atoms with Gasteiger partial charge in [-0.1, -0.05) is 37.6 Å². The molecule has 2 amide bonds. The first kappa shape index (κ1) is 16.8. The molecule has 1 aliphatic carbocycles. The molecule has 3 unspecified atom stereocenters. The minimum atomic E-state index is -0.195. The van der Waals surface area contributed by atoms with Crippen LogP contribution in [0.15, 0.2) is 24.3 Å². The number of carbonyl (C=O) groups is 1. The van der Waals surface area contributed by atoms with Gasteiger partial charge in [-0.25, -0.2) is 4.79 Å². The third kappa shape index (κ3) is 5.02. The summed E-state index contributed by atoms with van der Waals surface area (Å²) in [6.45, 7) is 4.77. The van der Waals surface area contributed by atoms with Crippen LogP contribution >= 0.6 is 0 Å². The zero-order chi connectivity index (χ0) is 15.9. The number of hydrogen-bond acceptors (Lipinski definition) is 2. The molecule has 0 aromatic heterocycles. The van der Waals surface area contributed by atoms with Gasteiger partial charge in [-0.2, -0.15) is 0 Å². The summed E-state index contributed by atoms with van der Waals surface area (Å²) in [6, 6.07) is 8.21. The number of carbonyl (C=O) groups excluding carboxylic acids is 1. The first-order chi connectivity index (χ1) is 10.6. The van der Waals surface area contributed by atoms with Crippen LogP contribution in [0, 0.1) is 5.92 Å². The van der Waals surface area contributed by atoms with Crippen LogP contribution in [0.4, 0.5) is 4.79 Å². The number of aliphatic hydroxyl groups is 1. The van der Waals surface area contributed by atoms with Crippen molar-refractivity contribution in [2.75, 3.05) is 6.54 Å². The fourth-order valence-corrected chi connectivity index (χ4v) is 3.06. The zero-order valence-corrected chi connectivity index (χ0v) is 13.6. The Hall–Kier alpha value is -1.55. The van der Waals surface area contributed by atoms with Crippen molar-refractivity contribution in [1.29, 1.82) is 0 Å². The third-order valence-electron chi connectivity index (χ3n) is 4.54. The molecule has 1 fully saturated rings. The van der Waals surface area contributed by atoms with E-state index < -0.39 is 0 Å². The van der Waals surface area contributed by atoms with Gasteiger partial charge in [0.2, 0.25) is 0 Å². The number of amides is 2. The zero-order valence-electron chi connectivity index (χ0n) is 13.6. The van der Waals surface area contributed by atoms with Crippen molar-refractivity contribution in [2.24, 2.45) is 5.92 Å². The molecule has 4 nitrogen and oxygen atoms in total. The highest BCUT2D eigenvalue weighted by Gasteiger charge is 2.20. The summed E-state index contributed by atoms with van der Waals surface area (Å²) in [5.74, 6) is 0.397. The lowest BCUT2D eigenvalue weighted by Gasteiger charge is -2.26. The maximum absolute atomic E-state index is 12.0. The monoisotopic (exact) mass is 304 g/mol. The molecule has 3 N–H and O–H groups in total. The van der Waals surface area contributed by atoms with Crippen LogP contribution in [0.25, 0.3) is 0 Å². The summed E-state index contributed by atoms with van der Waals surface area (Å²) in [4.78, 5) is 12.0. The second kappa shape index (κ2) is 8.18. The quantitative estimate of drug-likeness (QED) is 0.782. The molecule has 4 heteroatoms. The van der Waals surface area contributed by atoms with Crippen molar-refractivity contribution in [3.05, 3.63) is 35.4 Å². The van der Waals surface area contributed by atoms with Gasteiger partial charge in [-0.15, -0.1) is 0 Å². The van der Waals surface area contributed by atoms with Crippen LogP contribution in [0.3, 0.4) is 0 Å². The number of benzene rings is 1. The summed E-state index contributed by atoms with van der Waals surface area (Å²) in [5.41, 5.74) is 2.41. The van der Waals surface area contributed by atoms with Crippen molar-refractivity contribution < 1.29 is 9.90 Å². The van der Waals surface area contributed by atoms with E-state index in [2.05, 4.69) is 41.8 Å². The summed E-state index contributed by atoms with van der Waals surface area (Å²) in [6.07, 6.45) is 4.66.